The van der Waals surface area contributed by atoms with E-state index in [0.29, 0.717) is 19.6 Å². The Morgan fingerprint density at radius 3 is 3.11 bits per heavy atom. The van der Waals surface area contributed by atoms with Crippen LogP contribution in [-0.4, -0.2) is 41.7 Å². The van der Waals surface area contributed by atoms with Crippen molar-refractivity contribution < 1.29 is 9.90 Å². The topological polar surface area (TPSA) is 52.6 Å². The minimum Gasteiger partial charge on any atom is -0.392 e. The van der Waals surface area contributed by atoms with Gasteiger partial charge in [-0.2, -0.15) is 0 Å². The van der Waals surface area contributed by atoms with E-state index in [0.717, 1.165) is 28.6 Å². The molecule has 4 nitrogen and oxygen atoms in total. The van der Waals surface area contributed by atoms with Crippen molar-refractivity contribution in [3.05, 3.63) is 21.3 Å². The van der Waals surface area contributed by atoms with E-state index in [9.17, 15) is 9.90 Å². The zero-order valence-corrected chi connectivity index (χ0v) is 11.6. The molecule has 0 aliphatic carbocycles. The smallest absolute Gasteiger partial charge is 0.234 e. The molecule has 18 heavy (non-hydrogen) atoms. The molecule has 1 unspecified atom stereocenters. The Bertz CT molecular complexity index is 411. The monoisotopic (exact) mass is 288 g/mol. The number of piperidine rings is 1. The number of amides is 1. The van der Waals surface area contributed by atoms with E-state index >= 15 is 0 Å². The summed E-state index contributed by atoms with van der Waals surface area (Å²) in [5.41, 5.74) is 0. The molecular formula is C12H17ClN2O2S. The van der Waals surface area contributed by atoms with Crippen LogP contribution in [0.4, 0.5) is 0 Å². The van der Waals surface area contributed by atoms with Crippen LogP contribution in [0, 0.1) is 0 Å². The summed E-state index contributed by atoms with van der Waals surface area (Å²) in [4.78, 5) is 14.8. The Labute approximate surface area is 116 Å². The van der Waals surface area contributed by atoms with Gasteiger partial charge in [0.15, 0.2) is 0 Å². The SMILES string of the molecule is O=C(CN1CCCC(O)C1)NCc1ccc(Cl)s1. The Morgan fingerprint density at radius 2 is 2.44 bits per heavy atom. The molecule has 0 spiro atoms. The number of carbonyl (C=O) groups excluding carboxylic acids is 1. The van der Waals surface area contributed by atoms with Crippen LogP contribution in [-0.2, 0) is 11.3 Å². The second-order valence-corrected chi connectivity index (χ2v) is 6.31. The number of halogens is 1. The van der Waals surface area contributed by atoms with E-state index in [1.807, 2.05) is 17.0 Å². The molecule has 1 aliphatic heterocycles. The van der Waals surface area contributed by atoms with Crippen LogP contribution in [0.5, 0.6) is 0 Å². The number of aliphatic hydroxyl groups excluding tert-OH is 1. The van der Waals surface area contributed by atoms with Gasteiger partial charge in [0.2, 0.25) is 5.91 Å². The van der Waals surface area contributed by atoms with Crippen molar-refractivity contribution in [2.24, 2.45) is 0 Å². The largest absolute Gasteiger partial charge is 0.392 e. The van der Waals surface area contributed by atoms with Crippen molar-refractivity contribution >= 4 is 28.8 Å². The first-order chi connectivity index (χ1) is 8.63. The van der Waals surface area contributed by atoms with Gasteiger partial charge in [0.25, 0.3) is 0 Å². The molecule has 0 aromatic carbocycles. The second-order valence-electron chi connectivity index (χ2n) is 4.51. The zero-order valence-electron chi connectivity index (χ0n) is 10.1. The highest BCUT2D eigenvalue weighted by Crippen LogP contribution is 2.20. The average Bonchev–Trinajstić information content (AvgIpc) is 2.73. The normalized spacial score (nSPS) is 20.9. The molecule has 0 bridgehead atoms. The first-order valence-corrected chi connectivity index (χ1v) is 7.24. The van der Waals surface area contributed by atoms with E-state index < -0.39 is 0 Å². The first-order valence-electron chi connectivity index (χ1n) is 6.05. The van der Waals surface area contributed by atoms with Gasteiger partial charge in [-0.1, -0.05) is 11.6 Å². The third-order valence-corrected chi connectivity index (χ3v) is 4.17. The minimum absolute atomic E-state index is 0.00591. The minimum atomic E-state index is -0.289. The standard InChI is InChI=1S/C12H17ClN2O2S/c13-11-4-3-10(18-11)6-14-12(17)8-15-5-1-2-9(16)7-15/h3-4,9,16H,1-2,5-8H2,(H,14,17). The molecule has 1 saturated heterocycles. The summed E-state index contributed by atoms with van der Waals surface area (Å²) >= 11 is 7.29. The lowest BCUT2D eigenvalue weighted by atomic mass is 10.1. The van der Waals surface area contributed by atoms with Crippen molar-refractivity contribution in [1.82, 2.24) is 10.2 Å². The molecule has 100 valence electrons. The van der Waals surface area contributed by atoms with Crippen molar-refractivity contribution in [3.8, 4) is 0 Å². The van der Waals surface area contributed by atoms with Gasteiger partial charge in [-0.15, -0.1) is 11.3 Å². The molecule has 1 aromatic heterocycles. The third kappa shape index (κ3) is 4.24. The van der Waals surface area contributed by atoms with Crippen LogP contribution in [0.25, 0.3) is 0 Å². The molecule has 1 amide bonds. The molecule has 1 aromatic rings. The number of aliphatic hydroxyl groups is 1. The van der Waals surface area contributed by atoms with Crippen LogP contribution < -0.4 is 5.32 Å². The highest BCUT2D eigenvalue weighted by Gasteiger charge is 2.19. The van der Waals surface area contributed by atoms with E-state index in [-0.39, 0.29) is 12.0 Å². The van der Waals surface area contributed by atoms with Crippen molar-refractivity contribution in [1.29, 1.82) is 0 Å². The van der Waals surface area contributed by atoms with Gasteiger partial charge in [-0.25, -0.2) is 0 Å². The number of nitrogens with zero attached hydrogens (tertiary/aromatic N) is 1. The molecule has 1 fully saturated rings. The lowest BCUT2D eigenvalue weighted by Crippen LogP contribution is -2.44. The van der Waals surface area contributed by atoms with Crippen molar-refractivity contribution in [2.45, 2.75) is 25.5 Å². The summed E-state index contributed by atoms with van der Waals surface area (Å²) in [6, 6.07) is 3.74. The van der Waals surface area contributed by atoms with E-state index in [1.54, 1.807) is 0 Å². The van der Waals surface area contributed by atoms with Gasteiger partial charge >= 0.3 is 0 Å². The van der Waals surface area contributed by atoms with Gasteiger partial charge in [0.1, 0.15) is 0 Å². The number of hydrogen-bond acceptors (Lipinski definition) is 4. The Hall–Kier alpha value is -0.620. The number of nitrogens with one attached hydrogen (secondary N) is 1. The molecule has 2 heterocycles. The molecule has 1 atom stereocenters. The van der Waals surface area contributed by atoms with Crippen molar-refractivity contribution in [2.75, 3.05) is 19.6 Å². The van der Waals surface area contributed by atoms with Crippen LogP contribution in [0.1, 0.15) is 17.7 Å². The van der Waals surface area contributed by atoms with Crippen LogP contribution >= 0.6 is 22.9 Å². The molecule has 2 N–H and O–H groups in total. The van der Waals surface area contributed by atoms with Crippen LogP contribution in [0.15, 0.2) is 12.1 Å². The molecule has 0 saturated carbocycles. The molecular weight excluding hydrogens is 272 g/mol. The van der Waals surface area contributed by atoms with E-state index in [2.05, 4.69) is 5.32 Å². The van der Waals surface area contributed by atoms with Gasteiger partial charge in [-0.05, 0) is 31.5 Å². The maximum atomic E-state index is 11.7. The summed E-state index contributed by atoms with van der Waals surface area (Å²) < 4.78 is 0.735. The lowest BCUT2D eigenvalue weighted by molar-refractivity contribution is -0.123. The van der Waals surface area contributed by atoms with Crippen LogP contribution in [0.2, 0.25) is 4.34 Å². The van der Waals surface area contributed by atoms with Crippen LogP contribution in [0.3, 0.4) is 0 Å². The van der Waals surface area contributed by atoms with Gasteiger partial charge in [-0.3, -0.25) is 9.69 Å². The number of thiophene rings is 1. The number of likely N-dealkylation sites (tertiary alicyclic amines) is 1. The number of carbonyl (C=O) groups is 1. The Balaban J connectivity index is 1.71. The Morgan fingerprint density at radius 1 is 1.61 bits per heavy atom. The maximum Gasteiger partial charge on any atom is 0.234 e. The highest BCUT2D eigenvalue weighted by molar-refractivity contribution is 7.16. The summed E-state index contributed by atoms with van der Waals surface area (Å²) in [5.74, 6) is -0.00591. The maximum absolute atomic E-state index is 11.7. The number of β-amino-alcohol motifs (C(OH)–C–C–N with tert-alkyl or cyclic N) is 1. The summed E-state index contributed by atoms with van der Waals surface area (Å²) in [6.45, 7) is 2.36. The van der Waals surface area contributed by atoms with Gasteiger partial charge in [0, 0.05) is 11.4 Å². The lowest BCUT2D eigenvalue weighted by Gasteiger charge is -2.29. The fraction of sp³-hybridized carbons (Fsp3) is 0.583. The van der Waals surface area contributed by atoms with Gasteiger partial charge in [0.05, 0.1) is 23.5 Å². The van der Waals surface area contributed by atoms with Gasteiger partial charge < -0.3 is 10.4 Å². The predicted octanol–water partition coefficient (Wildman–Crippen LogP) is 1.47. The number of rotatable bonds is 4. The molecule has 1 aliphatic rings. The summed E-state index contributed by atoms with van der Waals surface area (Å²) in [5, 5.41) is 12.4. The Kier molecular flexibility index (Phi) is 5.00. The molecule has 6 heteroatoms. The third-order valence-electron chi connectivity index (χ3n) is 2.94. The van der Waals surface area contributed by atoms with E-state index in [4.69, 9.17) is 11.6 Å². The molecule has 0 radical (unpaired) electrons. The first kappa shape index (κ1) is 13.8. The molecule has 2 rings (SSSR count). The highest BCUT2D eigenvalue weighted by atomic mass is 35.5. The zero-order chi connectivity index (χ0) is 13.0. The quantitative estimate of drug-likeness (QED) is 0.882. The summed E-state index contributed by atoms with van der Waals surface area (Å²) in [7, 11) is 0. The predicted molar refractivity (Wildman–Crippen MR) is 72.9 cm³/mol. The van der Waals surface area contributed by atoms with E-state index in [1.165, 1.54) is 11.3 Å². The number of hydrogen-bond donors (Lipinski definition) is 2. The van der Waals surface area contributed by atoms with Crippen molar-refractivity contribution in [3.63, 3.8) is 0 Å². The summed E-state index contributed by atoms with van der Waals surface area (Å²) in [6.07, 6.45) is 1.50. The fourth-order valence-corrected chi connectivity index (χ4v) is 3.09. The second kappa shape index (κ2) is 6.52. The fourth-order valence-electron chi connectivity index (χ4n) is 2.07. The average molecular weight is 289 g/mol.